The van der Waals surface area contributed by atoms with Gasteiger partial charge in [-0.25, -0.2) is 0 Å². The molecule has 1 amide bonds. The first-order valence-corrected chi connectivity index (χ1v) is 7.18. The summed E-state index contributed by atoms with van der Waals surface area (Å²) in [5, 5.41) is 12.8. The van der Waals surface area contributed by atoms with Crippen LogP contribution in [0.25, 0.3) is 0 Å². The topological polar surface area (TPSA) is 58.6 Å². The van der Waals surface area contributed by atoms with E-state index in [0.717, 1.165) is 42.7 Å². The largest absolute Gasteiger partial charge is 0.388 e. The van der Waals surface area contributed by atoms with Gasteiger partial charge in [0.15, 0.2) is 0 Å². The van der Waals surface area contributed by atoms with Crippen molar-refractivity contribution in [3.8, 4) is 0 Å². The zero-order valence-corrected chi connectivity index (χ0v) is 11.0. The van der Waals surface area contributed by atoms with E-state index in [1.54, 1.807) is 11.3 Å². The van der Waals surface area contributed by atoms with Gasteiger partial charge in [-0.3, -0.25) is 4.79 Å². The van der Waals surface area contributed by atoms with Crippen LogP contribution >= 0.6 is 11.3 Å². The second-order valence-electron chi connectivity index (χ2n) is 5.12. The van der Waals surface area contributed by atoms with E-state index in [0.29, 0.717) is 13.2 Å². The van der Waals surface area contributed by atoms with Crippen molar-refractivity contribution in [2.45, 2.75) is 37.9 Å². The lowest BCUT2D eigenvalue weighted by molar-refractivity contribution is -0.0300. The molecule has 3 rings (SSSR count). The van der Waals surface area contributed by atoms with Crippen molar-refractivity contribution >= 4 is 17.2 Å². The van der Waals surface area contributed by atoms with Gasteiger partial charge in [-0.15, -0.1) is 11.3 Å². The number of carbonyl (C=O) groups excluding carboxylic acids is 1. The van der Waals surface area contributed by atoms with Crippen LogP contribution in [0.3, 0.4) is 0 Å². The van der Waals surface area contributed by atoms with Crippen LogP contribution < -0.4 is 5.32 Å². The normalized spacial score (nSPS) is 20.9. The third-order valence-corrected chi connectivity index (χ3v) is 4.95. The van der Waals surface area contributed by atoms with Gasteiger partial charge < -0.3 is 15.2 Å². The number of nitrogens with one attached hydrogen (secondary N) is 1. The fourth-order valence-corrected chi connectivity index (χ4v) is 3.42. The standard InChI is InChI=1S/C13H17NO3S/c15-12(14-8-13(16)3-1-4-13)11-6-9-7-17-5-2-10(9)18-11/h6,16H,1-5,7-8H2,(H,14,15). The molecule has 2 heterocycles. The molecule has 2 aliphatic rings. The Hall–Kier alpha value is -0.910. The van der Waals surface area contributed by atoms with Crippen LogP contribution in [0.4, 0.5) is 0 Å². The molecule has 0 unspecified atom stereocenters. The molecule has 1 aromatic rings. The lowest BCUT2D eigenvalue weighted by atomic mass is 9.80. The lowest BCUT2D eigenvalue weighted by Crippen LogP contribution is -2.47. The third-order valence-electron chi connectivity index (χ3n) is 3.71. The highest BCUT2D eigenvalue weighted by atomic mass is 32.1. The summed E-state index contributed by atoms with van der Waals surface area (Å²) in [5.74, 6) is -0.0743. The molecule has 1 aliphatic heterocycles. The number of thiophene rings is 1. The highest BCUT2D eigenvalue weighted by molar-refractivity contribution is 7.14. The Balaban J connectivity index is 1.63. The minimum absolute atomic E-state index is 0.0743. The van der Waals surface area contributed by atoms with E-state index in [9.17, 15) is 9.90 Å². The fraction of sp³-hybridized carbons (Fsp3) is 0.615. The SMILES string of the molecule is O=C(NCC1(O)CCC1)c1cc2c(s1)CCOC2. The minimum Gasteiger partial charge on any atom is -0.388 e. The van der Waals surface area contributed by atoms with Gasteiger partial charge in [0.25, 0.3) is 5.91 Å². The van der Waals surface area contributed by atoms with Gasteiger partial charge in [-0.2, -0.15) is 0 Å². The monoisotopic (exact) mass is 267 g/mol. The Morgan fingerprint density at radius 1 is 1.56 bits per heavy atom. The number of aliphatic hydroxyl groups is 1. The lowest BCUT2D eigenvalue weighted by Gasteiger charge is -2.36. The van der Waals surface area contributed by atoms with Gasteiger partial charge in [-0.05, 0) is 30.9 Å². The summed E-state index contributed by atoms with van der Waals surface area (Å²) in [6.45, 7) is 1.72. The highest BCUT2D eigenvalue weighted by Crippen LogP contribution is 2.31. The van der Waals surface area contributed by atoms with E-state index < -0.39 is 5.60 Å². The number of hydrogen-bond donors (Lipinski definition) is 2. The summed E-state index contributed by atoms with van der Waals surface area (Å²) in [6, 6.07) is 1.92. The molecule has 98 valence electrons. The van der Waals surface area contributed by atoms with Crippen LogP contribution in [-0.2, 0) is 17.8 Å². The van der Waals surface area contributed by atoms with Crippen LogP contribution in [-0.4, -0.2) is 29.8 Å². The molecular formula is C13H17NO3S. The summed E-state index contributed by atoms with van der Waals surface area (Å²) in [7, 11) is 0. The molecule has 18 heavy (non-hydrogen) atoms. The van der Waals surface area contributed by atoms with Gasteiger partial charge in [-0.1, -0.05) is 0 Å². The molecule has 0 spiro atoms. The maximum Gasteiger partial charge on any atom is 0.261 e. The molecule has 0 atom stereocenters. The maximum absolute atomic E-state index is 12.0. The Kier molecular flexibility index (Phi) is 3.13. The Bertz CT molecular complexity index is 441. The predicted molar refractivity (Wildman–Crippen MR) is 68.8 cm³/mol. The van der Waals surface area contributed by atoms with Gasteiger partial charge in [0, 0.05) is 17.8 Å². The van der Waals surface area contributed by atoms with Crippen LogP contribution in [0.1, 0.15) is 39.4 Å². The summed E-state index contributed by atoms with van der Waals surface area (Å²) < 4.78 is 5.36. The number of carbonyl (C=O) groups is 1. The second-order valence-corrected chi connectivity index (χ2v) is 6.26. The van der Waals surface area contributed by atoms with Crippen molar-refractivity contribution in [1.29, 1.82) is 0 Å². The summed E-state index contributed by atoms with van der Waals surface area (Å²) >= 11 is 1.55. The van der Waals surface area contributed by atoms with Gasteiger partial charge in [0.1, 0.15) is 0 Å². The third kappa shape index (κ3) is 2.30. The smallest absolute Gasteiger partial charge is 0.261 e. The minimum atomic E-state index is -0.657. The molecular weight excluding hydrogens is 250 g/mol. The first kappa shape index (κ1) is 12.1. The van der Waals surface area contributed by atoms with Crippen molar-refractivity contribution in [3.05, 3.63) is 21.4 Å². The van der Waals surface area contributed by atoms with Crippen LogP contribution in [0, 0.1) is 0 Å². The first-order valence-electron chi connectivity index (χ1n) is 6.36. The van der Waals surface area contributed by atoms with Crippen molar-refractivity contribution in [2.75, 3.05) is 13.2 Å². The fourth-order valence-electron chi connectivity index (χ4n) is 2.35. The molecule has 1 fully saturated rings. The van der Waals surface area contributed by atoms with E-state index in [1.807, 2.05) is 6.07 Å². The number of ether oxygens (including phenoxy) is 1. The average molecular weight is 267 g/mol. The molecule has 1 aliphatic carbocycles. The van der Waals surface area contributed by atoms with Gasteiger partial charge in [0.2, 0.25) is 0 Å². The predicted octanol–water partition coefficient (Wildman–Crippen LogP) is 1.47. The molecule has 4 nitrogen and oxygen atoms in total. The van der Waals surface area contributed by atoms with Crippen molar-refractivity contribution in [1.82, 2.24) is 5.32 Å². The van der Waals surface area contributed by atoms with Gasteiger partial charge >= 0.3 is 0 Å². The van der Waals surface area contributed by atoms with Crippen LogP contribution in [0.2, 0.25) is 0 Å². The van der Waals surface area contributed by atoms with Crippen molar-refractivity contribution in [2.24, 2.45) is 0 Å². The molecule has 0 radical (unpaired) electrons. The summed E-state index contributed by atoms with van der Waals surface area (Å²) in [4.78, 5) is 14.0. The average Bonchev–Trinajstić information content (AvgIpc) is 2.77. The van der Waals surface area contributed by atoms with E-state index in [4.69, 9.17) is 4.74 Å². The molecule has 0 saturated heterocycles. The number of hydrogen-bond acceptors (Lipinski definition) is 4. The molecule has 5 heteroatoms. The molecule has 1 aromatic heterocycles. The number of amides is 1. The number of fused-ring (bicyclic) bond motifs is 1. The summed E-state index contributed by atoms with van der Waals surface area (Å²) in [5.41, 5.74) is 0.481. The Labute approximate surface area is 110 Å². The van der Waals surface area contributed by atoms with E-state index in [1.165, 1.54) is 4.88 Å². The molecule has 0 aromatic carbocycles. The van der Waals surface area contributed by atoms with E-state index in [2.05, 4.69) is 5.32 Å². The molecule has 0 bridgehead atoms. The molecule has 1 saturated carbocycles. The number of rotatable bonds is 3. The van der Waals surface area contributed by atoms with Crippen molar-refractivity contribution in [3.63, 3.8) is 0 Å². The van der Waals surface area contributed by atoms with Crippen LogP contribution in [0.5, 0.6) is 0 Å². The zero-order valence-electron chi connectivity index (χ0n) is 10.2. The first-order chi connectivity index (χ1) is 8.66. The quantitative estimate of drug-likeness (QED) is 0.872. The van der Waals surface area contributed by atoms with E-state index in [-0.39, 0.29) is 5.91 Å². The maximum atomic E-state index is 12.0. The molecule has 2 N–H and O–H groups in total. The Morgan fingerprint density at radius 3 is 3.06 bits per heavy atom. The van der Waals surface area contributed by atoms with Crippen LogP contribution in [0.15, 0.2) is 6.07 Å². The Morgan fingerprint density at radius 2 is 2.39 bits per heavy atom. The second kappa shape index (κ2) is 4.64. The van der Waals surface area contributed by atoms with Gasteiger partial charge in [0.05, 0.1) is 23.7 Å². The zero-order chi connectivity index (χ0) is 12.6. The summed E-state index contributed by atoms with van der Waals surface area (Å²) in [6.07, 6.45) is 3.54. The van der Waals surface area contributed by atoms with Crippen molar-refractivity contribution < 1.29 is 14.6 Å². The van der Waals surface area contributed by atoms with E-state index >= 15 is 0 Å². The highest BCUT2D eigenvalue weighted by Gasteiger charge is 2.34.